The molecule has 1 rings (SSSR count). The SMILES string of the molecule is CCC(C)C(N)C(=O)NC(Cc1cnc[nH]1)C(=O)NC(CC(C)C)C(=O)NC(C(=O)O)C(C)C. The van der Waals surface area contributed by atoms with Gasteiger partial charge >= 0.3 is 5.97 Å². The lowest BCUT2D eigenvalue weighted by Crippen LogP contribution is -2.58. The average Bonchev–Trinajstić information content (AvgIpc) is 3.27. The molecule has 1 heterocycles. The summed E-state index contributed by atoms with van der Waals surface area (Å²) in [5.74, 6) is -3.17. The molecule has 3 amide bonds. The minimum atomic E-state index is -1.15. The van der Waals surface area contributed by atoms with E-state index in [1.165, 1.54) is 6.33 Å². The van der Waals surface area contributed by atoms with Gasteiger partial charge in [0.05, 0.1) is 12.4 Å². The molecule has 5 atom stereocenters. The van der Waals surface area contributed by atoms with Crippen molar-refractivity contribution in [2.45, 2.75) is 85.0 Å². The normalized spacial score (nSPS) is 15.8. The molecule has 0 radical (unpaired) electrons. The van der Waals surface area contributed by atoms with E-state index < -0.39 is 47.9 Å². The minimum Gasteiger partial charge on any atom is -0.480 e. The van der Waals surface area contributed by atoms with Gasteiger partial charge in [0.15, 0.2) is 0 Å². The lowest BCUT2D eigenvalue weighted by atomic mass is 9.98. The highest BCUT2D eigenvalue weighted by molar-refractivity contribution is 5.94. The monoisotopic (exact) mass is 480 g/mol. The highest BCUT2D eigenvalue weighted by Crippen LogP contribution is 2.10. The quantitative estimate of drug-likeness (QED) is 0.225. The number of nitrogens with zero attached hydrogens (tertiary/aromatic N) is 1. The first kappa shape index (κ1) is 29.1. The molecule has 0 bridgehead atoms. The fourth-order valence-corrected chi connectivity index (χ4v) is 3.35. The standard InChI is InChI=1S/C23H40N6O5/c1-7-14(6)18(24)22(32)28-17(9-15-10-25-11-26-15)20(30)27-16(8-12(2)3)21(31)29-19(13(4)5)23(33)34/h10-14,16-19H,7-9,24H2,1-6H3,(H,25,26)(H,27,30)(H,28,32)(H,29,31)(H,33,34). The molecule has 1 aromatic heterocycles. The molecule has 0 aromatic carbocycles. The van der Waals surface area contributed by atoms with E-state index >= 15 is 0 Å². The van der Waals surface area contributed by atoms with Crippen molar-refractivity contribution in [3.05, 3.63) is 18.2 Å². The van der Waals surface area contributed by atoms with Crippen LogP contribution in [0, 0.1) is 17.8 Å². The Bertz CT molecular complexity index is 811. The molecule has 0 saturated heterocycles. The first-order chi connectivity index (χ1) is 15.9. The van der Waals surface area contributed by atoms with Gasteiger partial charge in [-0.25, -0.2) is 9.78 Å². The summed E-state index contributed by atoms with van der Waals surface area (Å²) in [5.41, 5.74) is 6.65. The van der Waals surface area contributed by atoms with E-state index in [2.05, 4.69) is 25.9 Å². The maximum absolute atomic E-state index is 13.2. The van der Waals surface area contributed by atoms with Crippen LogP contribution in [0.4, 0.5) is 0 Å². The summed E-state index contributed by atoms with van der Waals surface area (Å²) >= 11 is 0. The van der Waals surface area contributed by atoms with Gasteiger partial charge < -0.3 is 31.8 Å². The Morgan fingerprint density at radius 1 is 1.00 bits per heavy atom. The molecule has 5 unspecified atom stereocenters. The van der Waals surface area contributed by atoms with Crippen molar-refractivity contribution in [1.29, 1.82) is 0 Å². The van der Waals surface area contributed by atoms with Crippen molar-refractivity contribution in [2.24, 2.45) is 23.5 Å². The molecule has 0 fully saturated rings. The Morgan fingerprint density at radius 3 is 2.06 bits per heavy atom. The van der Waals surface area contributed by atoms with Crippen LogP contribution in [0.2, 0.25) is 0 Å². The van der Waals surface area contributed by atoms with Gasteiger partial charge in [0.1, 0.15) is 18.1 Å². The van der Waals surface area contributed by atoms with E-state index in [1.54, 1.807) is 20.0 Å². The van der Waals surface area contributed by atoms with E-state index in [0.717, 1.165) is 0 Å². The summed E-state index contributed by atoms with van der Waals surface area (Å²) in [6.07, 6.45) is 4.11. The number of nitrogens with two attached hydrogens (primary N) is 1. The summed E-state index contributed by atoms with van der Waals surface area (Å²) in [6, 6.07) is -3.87. The van der Waals surface area contributed by atoms with E-state index in [4.69, 9.17) is 5.73 Å². The van der Waals surface area contributed by atoms with Gasteiger partial charge in [0.2, 0.25) is 17.7 Å². The van der Waals surface area contributed by atoms with Gasteiger partial charge in [-0.15, -0.1) is 0 Å². The number of rotatable bonds is 14. The number of H-pyrrole nitrogens is 1. The number of aliphatic carboxylic acids is 1. The number of imidazole rings is 1. The van der Waals surface area contributed by atoms with Crippen molar-refractivity contribution in [1.82, 2.24) is 25.9 Å². The number of aromatic amines is 1. The number of aromatic nitrogens is 2. The second kappa shape index (κ2) is 13.7. The van der Waals surface area contributed by atoms with Crippen LogP contribution in [-0.4, -0.2) is 62.9 Å². The second-order valence-electron chi connectivity index (χ2n) is 9.51. The molecule has 1 aromatic rings. The highest BCUT2D eigenvalue weighted by atomic mass is 16.4. The second-order valence-corrected chi connectivity index (χ2v) is 9.51. The van der Waals surface area contributed by atoms with Crippen molar-refractivity contribution >= 4 is 23.7 Å². The van der Waals surface area contributed by atoms with E-state index in [-0.39, 0.29) is 24.2 Å². The topological polar surface area (TPSA) is 179 Å². The largest absolute Gasteiger partial charge is 0.480 e. The number of hydrogen-bond donors (Lipinski definition) is 6. The number of carbonyl (C=O) groups excluding carboxylic acids is 3. The third kappa shape index (κ3) is 9.12. The number of amides is 3. The maximum Gasteiger partial charge on any atom is 0.326 e. The van der Waals surface area contributed by atoms with Crippen LogP contribution in [0.15, 0.2) is 12.5 Å². The Labute approximate surface area is 201 Å². The first-order valence-electron chi connectivity index (χ1n) is 11.7. The summed E-state index contributed by atoms with van der Waals surface area (Å²) in [5, 5.41) is 17.3. The van der Waals surface area contributed by atoms with Gasteiger partial charge in [-0.3, -0.25) is 14.4 Å². The number of hydrogen-bond acceptors (Lipinski definition) is 6. The molecule has 0 spiro atoms. The Morgan fingerprint density at radius 2 is 1.59 bits per heavy atom. The fourth-order valence-electron chi connectivity index (χ4n) is 3.35. The van der Waals surface area contributed by atoms with Gasteiger partial charge in [0.25, 0.3) is 0 Å². The zero-order valence-electron chi connectivity index (χ0n) is 20.9. The first-order valence-corrected chi connectivity index (χ1v) is 11.7. The number of nitrogens with one attached hydrogen (secondary N) is 4. The van der Waals surface area contributed by atoms with Crippen molar-refractivity contribution in [3.8, 4) is 0 Å². The molecule has 34 heavy (non-hydrogen) atoms. The molecular weight excluding hydrogens is 440 g/mol. The van der Waals surface area contributed by atoms with Crippen molar-refractivity contribution in [3.63, 3.8) is 0 Å². The summed E-state index contributed by atoms with van der Waals surface area (Å²) in [4.78, 5) is 57.2. The van der Waals surface area contributed by atoms with E-state index in [1.807, 2.05) is 27.7 Å². The average molecular weight is 481 g/mol. The third-order valence-corrected chi connectivity index (χ3v) is 5.74. The Hall–Kier alpha value is -2.95. The smallest absolute Gasteiger partial charge is 0.326 e. The van der Waals surface area contributed by atoms with Gasteiger partial charge in [-0.2, -0.15) is 0 Å². The highest BCUT2D eigenvalue weighted by Gasteiger charge is 2.32. The van der Waals surface area contributed by atoms with E-state index in [0.29, 0.717) is 18.5 Å². The summed E-state index contributed by atoms with van der Waals surface area (Å²) < 4.78 is 0. The molecule has 11 heteroatoms. The summed E-state index contributed by atoms with van der Waals surface area (Å²) in [6.45, 7) is 10.9. The van der Waals surface area contributed by atoms with Crippen LogP contribution >= 0.6 is 0 Å². The predicted molar refractivity (Wildman–Crippen MR) is 127 cm³/mol. The number of carboxylic acids is 1. The van der Waals surface area contributed by atoms with Crippen LogP contribution < -0.4 is 21.7 Å². The lowest BCUT2D eigenvalue weighted by molar-refractivity contribution is -0.143. The minimum absolute atomic E-state index is 0.0397. The van der Waals surface area contributed by atoms with Crippen LogP contribution in [0.3, 0.4) is 0 Å². The van der Waals surface area contributed by atoms with Crippen molar-refractivity contribution < 1.29 is 24.3 Å². The van der Waals surface area contributed by atoms with Crippen LogP contribution in [-0.2, 0) is 25.6 Å². The van der Waals surface area contributed by atoms with Gasteiger partial charge in [-0.05, 0) is 24.2 Å². The lowest BCUT2D eigenvalue weighted by Gasteiger charge is -2.27. The van der Waals surface area contributed by atoms with E-state index in [9.17, 15) is 24.3 Å². The van der Waals surface area contributed by atoms with Crippen LogP contribution in [0.5, 0.6) is 0 Å². The Balaban J connectivity index is 3.07. The maximum atomic E-state index is 13.2. The third-order valence-electron chi connectivity index (χ3n) is 5.74. The molecule has 0 saturated carbocycles. The van der Waals surface area contributed by atoms with Crippen LogP contribution in [0.25, 0.3) is 0 Å². The molecular formula is C23H40N6O5. The molecule has 192 valence electrons. The molecule has 11 nitrogen and oxygen atoms in total. The van der Waals surface area contributed by atoms with Gasteiger partial charge in [0, 0.05) is 18.3 Å². The zero-order valence-corrected chi connectivity index (χ0v) is 20.9. The van der Waals surface area contributed by atoms with Gasteiger partial charge in [-0.1, -0.05) is 48.0 Å². The Kier molecular flexibility index (Phi) is 11.7. The molecule has 0 aliphatic heterocycles. The fraction of sp³-hybridized carbons (Fsp3) is 0.696. The van der Waals surface area contributed by atoms with Crippen molar-refractivity contribution in [2.75, 3.05) is 0 Å². The predicted octanol–water partition coefficient (Wildman–Crippen LogP) is 0.567. The zero-order chi connectivity index (χ0) is 26.0. The number of carbonyl (C=O) groups is 4. The summed E-state index contributed by atoms with van der Waals surface area (Å²) in [7, 11) is 0. The number of carboxylic acid groups (broad SMARTS) is 1. The molecule has 0 aliphatic carbocycles. The van der Waals surface area contributed by atoms with Crippen LogP contribution in [0.1, 0.15) is 60.1 Å². The molecule has 7 N–H and O–H groups in total. The molecule has 0 aliphatic rings.